The Hall–Kier alpha value is -2.99. The van der Waals surface area contributed by atoms with Crippen LogP contribution in [0.2, 0.25) is 0 Å². The molecule has 1 aromatic carbocycles. The van der Waals surface area contributed by atoms with Crippen molar-refractivity contribution >= 4 is 51.0 Å². The number of fused-ring (bicyclic) bond motifs is 1. The van der Waals surface area contributed by atoms with Crippen molar-refractivity contribution in [1.82, 2.24) is 19.3 Å². The minimum absolute atomic E-state index is 0.0936. The fourth-order valence-electron chi connectivity index (χ4n) is 2.75. The summed E-state index contributed by atoms with van der Waals surface area (Å²) >= 11 is 2.27. The lowest BCUT2D eigenvalue weighted by atomic mass is 10.2. The van der Waals surface area contributed by atoms with Crippen molar-refractivity contribution < 1.29 is 14.3 Å². The number of benzene rings is 1. The molecule has 0 spiro atoms. The first-order chi connectivity index (χ1) is 14.4. The smallest absolute Gasteiger partial charge is 0.331 e. The predicted octanol–water partition coefficient (Wildman–Crippen LogP) is 1.33. The summed E-state index contributed by atoms with van der Waals surface area (Å²) in [6.07, 6.45) is 0. The predicted molar refractivity (Wildman–Crippen MR) is 114 cm³/mol. The highest BCUT2D eigenvalue weighted by Gasteiger charge is 2.16. The zero-order valence-electron chi connectivity index (χ0n) is 16.3. The molecule has 0 atom stereocenters. The van der Waals surface area contributed by atoms with Crippen LogP contribution >= 0.6 is 23.1 Å². The molecule has 0 unspecified atom stereocenters. The molecule has 0 aliphatic rings. The van der Waals surface area contributed by atoms with Gasteiger partial charge in [0.25, 0.3) is 5.56 Å². The van der Waals surface area contributed by atoms with Crippen molar-refractivity contribution in [3.63, 3.8) is 0 Å². The van der Waals surface area contributed by atoms with E-state index in [0.29, 0.717) is 21.8 Å². The third-order valence-corrected chi connectivity index (χ3v) is 5.97. The standard InChI is InChI=1S/C18H19N5O5S2/c1-3-22-15(26)11-7-5-6-8-12(11)23(18(22)27)9-13(24)19-16-20-21-17(30-16)29-10-14(25)28-4-2/h5-8H,3-4,9-10H2,1-2H3,(H,19,20,24). The van der Waals surface area contributed by atoms with Crippen LogP contribution in [0.4, 0.5) is 5.13 Å². The number of para-hydroxylation sites is 1. The lowest BCUT2D eigenvalue weighted by Gasteiger charge is -2.12. The number of amides is 1. The lowest BCUT2D eigenvalue weighted by molar-refractivity contribution is -0.139. The van der Waals surface area contributed by atoms with Crippen LogP contribution in [0.5, 0.6) is 0 Å². The fraction of sp³-hybridized carbons (Fsp3) is 0.333. The first-order valence-electron chi connectivity index (χ1n) is 9.08. The Morgan fingerprint density at radius 3 is 2.67 bits per heavy atom. The lowest BCUT2D eigenvalue weighted by Crippen LogP contribution is -2.41. The molecule has 0 saturated heterocycles. The molecule has 2 aromatic heterocycles. The van der Waals surface area contributed by atoms with Crippen LogP contribution in [-0.4, -0.2) is 43.6 Å². The van der Waals surface area contributed by atoms with Crippen LogP contribution in [0, 0.1) is 0 Å². The maximum Gasteiger partial charge on any atom is 0.331 e. The number of ether oxygens (including phenoxy) is 1. The molecule has 3 aromatic rings. The number of thioether (sulfide) groups is 1. The van der Waals surface area contributed by atoms with Gasteiger partial charge in [0, 0.05) is 6.54 Å². The average molecular weight is 450 g/mol. The number of rotatable bonds is 8. The molecule has 158 valence electrons. The zero-order valence-corrected chi connectivity index (χ0v) is 17.9. The van der Waals surface area contributed by atoms with Crippen LogP contribution in [0.3, 0.4) is 0 Å². The van der Waals surface area contributed by atoms with Crippen molar-refractivity contribution in [2.45, 2.75) is 31.3 Å². The minimum atomic E-state index is -0.556. The maximum atomic E-state index is 12.7. The van der Waals surface area contributed by atoms with E-state index in [1.165, 1.54) is 4.57 Å². The summed E-state index contributed by atoms with van der Waals surface area (Å²) in [5.41, 5.74) is -0.559. The van der Waals surface area contributed by atoms with Gasteiger partial charge in [0.1, 0.15) is 6.54 Å². The summed E-state index contributed by atoms with van der Waals surface area (Å²) in [5.74, 6) is -0.752. The molecule has 30 heavy (non-hydrogen) atoms. The van der Waals surface area contributed by atoms with E-state index < -0.39 is 11.6 Å². The molecule has 0 saturated carbocycles. The third-order valence-electron chi connectivity index (χ3n) is 4.02. The van der Waals surface area contributed by atoms with Gasteiger partial charge < -0.3 is 4.74 Å². The van der Waals surface area contributed by atoms with Crippen molar-refractivity contribution in [1.29, 1.82) is 0 Å². The number of carbonyl (C=O) groups excluding carboxylic acids is 2. The second-order valence-electron chi connectivity index (χ2n) is 5.95. The van der Waals surface area contributed by atoms with Gasteiger partial charge in [-0.3, -0.25) is 28.8 Å². The van der Waals surface area contributed by atoms with Gasteiger partial charge >= 0.3 is 11.7 Å². The number of nitrogens with one attached hydrogen (secondary N) is 1. The highest BCUT2D eigenvalue weighted by molar-refractivity contribution is 8.01. The first-order valence-corrected chi connectivity index (χ1v) is 10.9. The Morgan fingerprint density at radius 1 is 1.17 bits per heavy atom. The third kappa shape index (κ3) is 4.76. The molecule has 1 N–H and O–H groups in total. The van der Waals surface area contributed by atoms with E-state index in [9.17, 15) is 19.2 Å². The van der Waals surface area contributed by atoms with E-state index in [1.807, 2.05) is 0 Å². The van der Waals surface area contributed by atoms with Crippen molar-refractivity contribution in [3.05, 3.63) is 45.1 Å². The Morgan fingerprint density at radius 2 is 1.93 bits per heavy atom. The quantitative estimate of drug-likeness (QED) is 0.310. The highest BCUT2D eigenvalue weighted by Crippen LogP contribution is 2.25. The molecule has 3 rings (SSSR count). The fourth-order valence-corrected chi connectivity index (χ4v) is 4.31. The summed E-state index contributed by atoms with van der Waals surface area (Å²) in [6.45, 7) is 3.63. The number of hydrogen-bond donors (Lipinski definition) is 1. The van der Waals surface area contributed by atoms with Gasteiger partial charge in [0.05, 0.1) is 23.3 Å². The van der Waals surface area contributed by atoms with Crippen LogP contribution < -0.4 is 16.6 Å². The van der Waals surface area contributed by atoms with E-state index in [-0.39, 0.29) is 35.5 Å². The Balaban J connectivity index is 1.76. The molecule has 0 aliphatic heterocycles. The largest absolute Gasteiger partial charge is 0.465 e. The van der Waals surface area contributed by atoms with Crippen LogP contribution in [-0.2, 0) is 27.4 Å². The molecule has 1 amide bonds. The van der Waals surface area contributed by atoms with E-state index >= 15 is 0 Å². The zero-order chi connectivity index (χ0) is 21.7. The Labute approximate surface area is 178 Å². The topological polar surface area (TPSA) is 125 Å². The van der Waals surface area contributed by atoms with Gasteiger partial charge in [-0.05, 0) is 26.0 Å². The van der Waals surface area contributed by atoms with E-state index in [4.69, 9.17) is 4.74 Å². The number of hydrogen-bond acceptors (Lipinski definition) is 9. The molecule has 0 radical (unpaired) electrons. The monoisotopic (exact) mass is 449 g/mol. The number of anilines is 1. The highest BCUT2D eigenvalue weighted by atomic mass is 32.2. The van der Waals surface area contributed by atoms with E-state index in [2.05, 4.69) is 15.5 Å². The SMILES string of the molecule is CCOC(=O)CSc1nnc(NC(=O)Cn2c(=O)n(CC)c(=O)c3ccccc32)s1. The molecule has 0 bridgehead atoms. The summed E-state index contributed by atoms with van der Waals surface area (Å²) in [6, 6.07) is 6.65. The Kier molecular flexibility index (Phi) is 7.00. The molecular formula is C18H19N5O5S2. The maximum absolute atomic E-state index is 12.7. The van der Waals surface area contributed by atoms with Gasteiger partial charge in [-0.25, -0.2) is 4.79 Å². The normalized spacial score (nSPS) is 10.9. The summed E-state index contributed by atoms with van der Waals surface area (Å²) < 4.78 is 7.69. The van der Waals surface area contributed by atoms with Crippen LogP contribution in [0.25, 0.3) is 10.9 Å². The van der Waals surface area contributed by atoms with Crippen LogP contribution in [0.15, 0.2) is 38.2 Å². The van der Waals surface area contributed by atoms with Crippen molar-refractivity contribution in [2.24, 2.45) is 0 Å². The molecule has 10 nitrogen and oxygen atoms in total. The molecule has 2 heterocycles. The van der Waals surface area contributed by atoms with Gasteiger partial charge in [-0.1, -0.05) is 35.2 Å². The van der Waals surface area contributed by atoms with Crippen molar-refractivity contribution in [3.8, 4) is 0 Å². The van der Waals surface area contributed by atoms with Gasteiger partial charge in [-0.2, -0.15) is 0 Å². The van der Waals surface area contributed by atoms with Gasteiger partial charge in [0.15, 0.2) is 4.34 Å². The number of nitrogens with zero attached hydrogens (tertiary/aromatic N) is 4. The number of esters is 1. The van der Waals surface area contributed by atoms with E-state index in [1.54, 1.807) is 38.1 Å². The molecule has 0 aliphatic carbocycles. The van der Waals surface area contributed by atoms with Gasteiger partial charge in [0.2, 0.25) is 11.0 Å². The summed E-state index contributed by atoms with van der Waals surface area (Å²) in [5, 5.41) is 11.0. The first kappa shape index (κ1) is 21.7. The number of aromatic nitrogens is 4. The molecule has 12 heteroatoms. The summed E-state index contributed by atoms with van der Waals surface area (Å²) in [7, 11) is 0. The summed E-state index contributed by atoms with van der Waals surface area (Å²) in [4.78, 5) is 49.1. The van der Waals surface area contributed by atoms with Crippen LogP contribution in [0.1, 0.15) is 13.8 Å². The average Bonchev–Trinajstić information content (AvgIpc) is 3.17. The van der Waals surface area contributed by atoms with E-state index in [0.717, 1.165) is 27.7 Å². The van der Waals surface area contributed by atoms with Gasteiger partial charge in [-0.15, -0.1) is 10.2 Å². The second-order valence-corrected chi connectivity index (χ2v) is 8.15. The van der Waals surface area contributed by atoms with Crippen molar-refractivity contribution in [2.75, 3.05) is 17.7 Å². The molecular weight excluding hydrogens is 430 g/mol. The minimum Gasteiger partial charge on any atom is -0.465 e. The second kappa shape index (κ2) is 9.67. The Bertz CT molecular complexity index is 1200. The molecule has 0 fully saturated rings. The number of carbonyl (C=O) groups is 2.